The predicted molar refractivity (Wildman–Crippen MR) is 157 cm³/mol. The van der Waals surface area contributed by atoms with Crippen LogP contribution in [0.25, 0.3) is 0 Å². The zero-order valence-corrected chi connectivity index (χ0v) is 25.0. The van der Waals surface area contributed by atoms with Crippen LogP contribution in [0.1, 0.15) is 72.9 Å². The third-order valence-corrected chi connectivity index (χ3v) is 7.51. The molecule has 10 heteroatoms. The summed E-state index contributed by atoms with van der Waals surface area (Å²) >= 11 is 0. The highest BCUT2D eigenvalue weighted by Crippen LogP contribution is 2.40. The van der Waals surface area contributed by atoms with Gasteiger partial charge < -0.3 is 29.3 Å². The van der Waals surface area contributed by atoms with E-state index in [9.17, 15) is 14.4 Å². The second kappa shape index (κ2) is 12.8. The number of fused-ring (bicyclic) bond motifs is 1. The zero-order chi connectivity index (χ0) is 29.7. The first-order chi connectivity index (χ1) is 19.6. The van der Waals surface area contributed by atoms with Crippen LogP contribution in [0.3, 0.4) is 0 Å². The van der Waals surface area contributed by atoms with Crippen LogP contribution in [0.5, 0.6) is 11.5 Å². The summed E-state index contributed by atoms with van der Waals surface area (Å²) in [6.07, 6.45) is 0.437. The fraction of sp³-hybridized carbons (Fsp3) is 0.516. The molecule has 222 valence electrons. The maximum absolute atomic E-state index is 14.1. The lowest BCUT2D eigenvalue weighted by molar-refractivity contribution is 0.0510. The van der Waals surface area contributed by atoms with Gasteiger partial charge in [0.25, 0.3) is 11.8 Å². The van der Waals surface area contributed by atoms with Crippen molar-refractivity contribution < 1.29 is 28.6 Å². The molecule has 1 N–H and O–H groups in total. The Kier molecular flexibility index (Phi) is 9.42. The zero-order valence-electron chi connectivity index (χ0n) is 25.0. The number of likely N-dealkylation sites (N-methyl/N-ethyl adjacent to an activating group) is 1. The number of imide groups is 1. The largest absolute Gasteiger partial charge is 0.493 e. The van der Waals surface area contributed by atoms with Crippen molar-refractivity contribution in [3.63, 3.8) is 0 Å². The molecule has 2 aromatic carbocycles. The summed E-state index contributed by atoms with van der Waals surface area (Å²) in [4.78, 5) is 46.1. The van der Waals surface area contributed by atoms with Crippen molar-refractivity contribution in [3.8, 4) is 11.5 Å². The summed E-state index contributed by atoms with van der Waals surface area (Å²) in [5.74, 6) is 0.433. The van der Waals surface area contributed by atoms with Gasteiger partial charge >= 0.3 is 6.09 Å². The Bertz CT molecular complexity index is 1270. The number of hydrogen-bond donors (Lipinski definition) is 1. The van der Waals surface area contributed by atoms with Gasteiger partial charge in [0, 0.05) is 32.7 Å². The molecule has 1 atom stereocenters. The number of carbonyl (C=O) groups is 3. The SMILES string of the molecule is CCN1CCN(c2cccc3c2C(=O)N([C@H](CCCNC(=O)OC(C)(C)C)c2ccc(OC)c(OC)c2)C3=O)CC1. The number of benzene rings is 2. The van der Waals surface area contributed by atoms with E-state index in [0.29, 0.717) is 42.0 Å². The Hall–Kier alpha value is -3.79. The minimum Gasteiger partial charge on any atom is -0.493 e. The first-order valence-corrected chi connectivity index (χ1v) is 14.2. The number of alkyl carbamates (subject to hydrolysis) is 1. The molecule has 41 heavy (non-hydrogen) atoms. The molecule has 2 aliphatic rings. The molecule has 0 spiro atoms. The number of anilines is 1. The van der Waals surface area contributed by atoms with Gasteiger partial charge in [-0.15, -0.1) is 0 Å². The number of nitrogens with one attached hydrogen (secondary N) is 1. The lowest BCUT2D eigenvalue weighted by Gasteiger charge is -2.36. The van der Waals surface area contributed by atoms with Gasteiger partial charge in [0.1, 0.15) is 5.60 Å². The van der Waals surface area contributed by atoms with Gasteiger partial charge in [0.2, 0.25) is 0 Å². The van der Waals surface area contributed by atoms with Crippen molar-refractivity contribution in [1.82, 2.24) is 15.1 Å². The summed E-state index contributed by atoms with van der Waals surface area (Å²) in [6.45, 7) is 12.3. The van der Waals surface area contributed by atoms with Gasteiger partial charge in [-0.05, 0) is 70.0 Å². The predicted octanol–water partition coefficient (Wildman–Crippen LogP) is 4.49. The van der Waals surface area contributed by atoms with E-state index in [-0.39, 0.29) is 11.8 Å². The van der Waals surface area contributed by atoms with Gasteiger partial charge in [0.05, 0.1) is 37.1 Å². The molecule has 0 unspecified atom stereocenters. The third-order valence-electron chi connectivity index (χ3n) is 7.51. The van der Waals surface area contributed by atoms with E-state index in [0.717, 1.165) is 44.0 Å². The highest BCUT2D eigenvalue weighted by Gasteiger charge is 2.43. The number of nitrogens with zero attached hydrogens (tertiary/aromatic N) is 3. The molecular formula is C31H42N4O6. The molecule has 10 nitrogen and oxygen atoms in total. The second-order valence-corrected chi connectivity index (χ2v) is 11.3. The van der Waals surface area contributed by atoms with Crippen molar-refractivity contribution in [2.24, 2.45) is 0 Å². The number of piperazine rings is 1. The molecule has 2 aromatic rings. The van der Waals surface area contributed by atoms with Crippen LogP contribution in [0.4, 0.5) is 10.5 Å². The van der Waals surface area contributed by atoms with Gasteiger partial charge in [-0.25, -0.2) is 4.79 Å². The van der Waals surface area contributed by atoms with E-state index in [1.165, 1.54) is 4.90 Å². The van der Waals surface area contributed by atoms with Gasteiger partial charge in [-0.3, -0.25) is 14.5 Å². The van der Waals surface area contributed by atoms with Gasteiger partial charge in [-0.1, -0.05) is 19.1 Å². The number of amides is 3. The standard InChI is InChI=1S/C31H42N4O6/c1-7-33-16-18-34(19-17-33)24-11-8-10-22-27(24)29(37)35(28(22)36)23(12-9-15-32-30(38)41-31(2,3)4)21-13-14-25(39-5)26(20-21)40-6/h8,10-11,13-14,20,23H,7,9,12,15-19H2,1-6H3,(H,32,38)/t23-/m1/s1. The molecule has 0 aliphatic carbocycles. The van der Waals surface area contributed by atoms with Crippen LogP contribution < -0.4 is 19.7 Å². The van der Waals surface area contributed by atoms with E-state index in [2.05, 4.69) is 22.0 Å². The molecule has 1 fully saturated rings. The van der Waals surface area contributed by atoms with E-state index in [1.54, 1.807) is 53.2 Å². The Labute approximate surface area is 242 Å². The smallest absolute Gasteiger partial charge is 0.407 e. The maximum Gasteiger partial charge on any atom is 0.407 e. The molecule has 0 aromatic heterocycles. The highest BCUT2D eigenvalue weighted by molar-refractivity contribution is 6.24. The quantitative estimate of drug-likeness (QED) is 0.332. The van der Waals surface area contributed by atoms with Crippen molar-refractivity contribution >= 4 is 23.6 Å². The van der Waals surface area contributed by atoms with E-state index in [4.69, 9.17) is 14.2 Å². The average molecular weight is 567 g/mol. The van der Waals surface area contributed by atoms with Crippen molar-refractivity contribution in [2.75, 3.05) is 58.4 Å². The first kappa shape index (κ1) is 30.2. The average Bonchev–Trinajstić information content (AvgIpc) is 3.21. The maximum atomic E-state index is 14.1. The molecule has 3 amide bonds. The van der Waals surface area contributed by atoms with Crippen molar-refractivity contribution in [1.29, 1.82) is 0 Å². The van der Waals surface area contributed by atoms with Gasteiger partial charge in [-0.2, -0.15) is 0 Å². The Morgan fingerprint density at radius 1 is 0.976 bits per heavy atom. The third kappa shape index (κ3) is 6.75. The first-order valence-electron chi connectivity index (χ1n) is 14.2. The molecule has 1 saturated heterocycles. The molecule has 4 rings (SSSR count). The normalized spacial score (nSPS) is 16.4. The van der Waals surface area contributed by atoms with E-state index >= 15 is 0 Å². The summed E-state index contributed by atoms with van der Waals surface area (Å²) in [7, 11) is 3.11. The molecule has 0 radical (unpaired) electrons. The summed E-state index contributed by atoms with van der Waals surface area (Å²) in [6, 6.07) is 10.4. The second-order valence-electron chi connectivity index (χ2n) is 11.3. The Balaban J connectivity index is 1.61. The van der Waals surface area contributed by atoms with Crippen molar-refractivity contribution in [2.45, 2.75) is 52.2 Å². The van der Waals surface area contributed by atoms with Crippen LogP contribution in [0.2, 0.25) is 0 Å². The lowest BCUT2D eigenvalue weighted by atomic mass is 9.99. The molecule has 2 aliphatic heterocycles. The van der Waals surface area contributed by atoms with Crippen LogP contribution >= 0.6 is 0 Å². The van der Waals surface area contributed by atoms with E-state index < -0.39 is 17.7 Å². The number of ether oxygens (including phenoxy) is 3. The number of hydrogen-bond acceptors (Lipinski definition) is 8. The fourth-order valence-electron chi connectivity index (χ4n) is 5.44. The Morgan fingerprint density at radius 2 is 1.68 bits per heavy atom. The van der Waals surface area contributed by atoms with Crippen LogP contribution in [0, 0.1) is 0 Å². The van der Waals surface area contributed by atoms with Gasteiger partial charge in [0.15, 0.2) is 11.5 Å². The molecule has 2 heterocycles. The minimum atomic E-state index is -0.604. The Morgan fingerprint density at radius 3 is 2.32 bits per heavy atom. The number of carbonyl (C=O) groups excluding carboxylic acids is 3. The number of rotatable bonds is 10. The topological polar surface area (TPSA) is 101 Å². The lowest BCUT2D eigenvalue weighted by Crippen LogP contribution is -2.46. The monoisotopic (exact) mass is 566 g/mol. The molecule has 0 saturated carbocycles. The summed E-state index contributed by atoms with van der Waals surface area (Å²) in [5.41, 5.74) is 1.82. The molecular weight excluding hydrogens is 524 g/mol. The fourth-order valence-corrected chi connectivity index (χ4v) is 5.44. The van der Waals surface area contributed by atoms with E-state index in [1.807, 2.05) is 18.2 Å². The highest BCUT2D eigenvalue weighted by atomic mass is 16.6. The van der Waals surface area contributed by atoms with Crippen LogP contribution in [-0.4, -0.2) is 86.8 Å². The minimum absolute atomic E-state index is 0.307. The molecule has 0 bridgehead atoms. The van der Waals surface area contributed by atoms with Crippen LogP contribution in [0.15, 0.2) is 36.4 Å². The summed E-state index contributed by atoms with van der Waals surface area (Å²) in [5, 5.41) is 2.77. The number of methoxy groups -OCH3 is 2. The summed E-state index contributed by atoms with van der Waals surface area (Å²) < 4.78 is 16.3. The van der Waals surface area contributed by atoms with Crippen LogP contribution in [-0.2, 0) is 4.74 Å². The van der Waals surface area contributed by atoms with Crippen molar-refractivity contribution in [3.05, 3.63) is 53.1 Å².